The summed E-state index contributed by atoms with van der Waals surface area (Å²) >= 11 is 0. The number of fused-ring (bicyclic) bond motifs is 3. The zero-order valence-electron chi connectivity index (χ0n) is 29.9. The normalized spacial score (nSPS) is 11.4. The maximum absolute atomic E-state index is 6.67. The predicted molar refractivity (Wildman–Crippen MR) is 213 cm³/mol. The van der Waals surface area contributed by atoms with Crippen LogP contribution in [-0.4, -0.2) is 29.3 Å². The Kier molecular flexibility index (Phi) is 7.89. The minimum absolute atomic E-state index is 0.698. The molecule has 0 aliphatic heterocycles. The van der Waals surface area contributed by atoms with Gasteiger partial charge in [0.25, 0.3) is 0 Å². The Morgan fingerprint density at radius 1 is 0.547 bits per heavy atom. The fraction of sp³-hybridized carbons (Fsp3) is 0.0870. The van der Waals surface area contributed by atoms with E-state index in [0.717, 1.165) is 67.3 Å². The van der Waals surface area contributed by atoms with Crippen LogP contribution in [0.4, 0.5) is 0 Å². The number of hydrogen-bond donors (Lipinski definition) is 0. The van der Waals surface area contributed by atoms with E-state index in [1.54, 1.807) is 0 Å². The minimum Gasteiger partial charge on any atom is -0.457 e. The number of pyridine rings is 3. The summed E-state index contributed by atoms with van der Waals surface area (Å²) in [6.07, 6.45) is 9.17. The predicted octanol–water partition coefficient (Wildman–Crippen LogP) is 11.2. The summed E-state index contributed by atoms with van der Waals surface area (Å²) in [6, 6.07) is 39.5. The molecule has 0 aliphatic rings. The molecule has 5 heterocycles. The zero-order chi connectivity index (χ0) is 36.1. The lowest BCUT2D eigenvalue weighted by molar-refractivity contribution is 0.483. The van der Waals surface area contributed by atoms with E-state index in [0.29, 0.717) is 5.75 Å². The van der Waals surface area contributed by atoms with Crippen LogP contribution in [0.1, 0.15) is 22.3 Å². The van der Waals surface area contributed by atoms with E-state index >= 15 is 0 Å². The molecule has 0 amide bonds. The van der Waals surface area contributed by atoms with Gasteiger partial charge in [0.15, 0.2) is 0 Å². The molecule has 0 atom stereocenters. The molecule has 0 N–H and O–H groups in total. The van der Waals surface area contributed by atoms with Gasteiger partial charge in [0.05, 0.1) is 22.4 Å². The maximum Gasteiger partial charge on any atom is 0.137 e. The molecular formula is C46H36N6O. The molecule has 0 radical (unpaired) electrons. The van der Waals surface area contributed by atoms with E-state index in [2.05, 4.69) is 109 Å². The smallest absolute Gasteiger partial charge is 0.137 e. The average molecular weight is 689 g/mol. The monoisotopic (exact) mass is 688 g/mol. The van der Waals surface area contributed by atoms with E-state index < -0.39 is 0 Å². The molecule has 9 rings (SSSR count). The quantitative estimate of drug-likeness (QED) is 0.167. The number of aryl methyl sites for hydroxylation is 3. The molecule has 4 aromatic carbocycles. The Labute approximate surface area is 307 Å². The van der Waals surface area contributed by atoms with Crippen LogP contribution in [0.25, 0.3) is 67.0 Å². The minimum atomic E-state index is 0.698. The molecular weight excluding hydrogens is 653 g/mol. The lowest BCUT2D eigenvalue weighted by Crippen LogP contribution is -2.01. The third-order valence-corrected chi connectivity index (χ3v) is 10.1. The second kappa shape index (κ2) is 13.0. The Hall–Kier alpha value is -6.86. The molecule has 256 valence electrons. The molecule has 5 aromatic heterocycles. The molecule has 53 heavy (non-hydrogen) atoms. The third kappa shape index (κ3) is 5.63. The summed E-state index contributed by atoms with van der Waals surface area (Å²) in [4.78, 5) is 13.4. The van der Waals surface area contributed by atoms with Gasteiger partial charge in [-0.25, -0.2) is 9.67 Å². The zero-order valence-corrected chi connectivity index (χ0v) is 29.9. The first kappa shape index (κ1) is 32.1. The number of para-hydroxylation sites is 1. The van der Waals surface area contributed by atoms with Gasteiger partial charge in [-0.3, -0.25) is 14.5 Å². The Bertz CT molecular complexity index is 2800. The number of aromatic nitrogens is 6. The third-order valence-electron chi connectivity index (χ3n) is 10.1. The highest BCUT2D eigenvalue weighted by molar-refractivity contribution is 6.09. The fourth-order valence-corrected chi connectivity index (χ4v) is 7.38. The van der Waals surface area contributed by atoms with Gasteiger partial charge < -0.3 is 4.74 Å². The van der Waals surface area contributed by atoms with E-state index in [1.165, 1.54) is 27.6 Å². The van der Waals surface area contributed by atoms with Crippen LogP contribution in [0.3, 0.4) is 0 Å². The average Bonchev–Trinajstić information content (AvgIpc) is 3.74. The summed E-state index contributed by atoms with van der Waals surface area (Å²) in [5.74, 6) is 2.30. The Balaban J connectivity index is 1.21. The van der Waals surface area contributed by atoms with E-state index in [1.807, 2.05) is 84.2 Å². The number of hydrogen-bond acceptors (Lipinski definition) is 5. The van der Waals surface area contributed by atoms with Crippen LogP contribution >= 0.6 is 0 Å². The number of nitrogens with zero attached hydrogens (tertiary/aromatic N) is 6. The lowest BCUT2D eigenvalue weighted by Gasteiger charge is -2.16. The Morgan fingerprint density at radius 2 is 1.26 bits per heavy atom. The topological polar surface area (TPSA) is 70.7 Å². The SMILES string of the molecule is Cc1ccnc(-n2c3ccccc3c3ccc(Oc4cccc(-n5nc(-c6ccncc6)c(-c6c(C)ccc(C)c6C)c5-c5ccncc5)c4)cc32)c1. The molecule has 0 unspecified atom stereocenters. The van der Waals surface area contributed by atoms with Crippen molar-refractivity contribution in [2.75, 3.05) is 0 Å². The van der Waals surface area contributed by atoms with Crippen molar-refractivity contribution in [3.8, 4) is 56.6 Å². The number of benzene rings is 4. The molecule has 7 heteroatoms. The van der Waals surface area contributed by atoms with Gasteiger partial charge in [-0.05, 0) is 122 Å². The van der Waals surface area contributed by atoms with Gasteiger partial charge >= 0.3 is 0 Å². The molecule has 0 bridgehead atoms. The molecule has 0 saturated heterocycles. The highest BCUT2D eigenvalue weighted by atomic mass is 16.5. The van der Waals surface area contributed by atoms with Crippen molar-refractivity contribution in [1.82, 2.24) is 29.3 Å². The van der Waals surface area contributed by atoms with Gasteiger partial charge in [0.1, 0.15) is 23.0 Å². The summed E-state index contributed by atoms with van der Waals surface area (Å²) in [6.45, 7) is 8.62. The van der Waals surface area contributed by atoms with Gasteiger partial charge in [-0.2, -0.15) is 5.10 Å². The van der Waals surface area contributed by atoms with Crippen LogP contribution in [0, 0.1) is 27.7 Å². The van der Waals surface area contributed by atoms with Crippen molar-refractivity contribution in [3.05, 3.63) is 168 Å². The summed E-state index contributed by atoms with van der Waals surface area (Å²) in [5.41, 5.74) is 13.9. The molecule has 9 aromatic rings. The molecule has 0 fully saturated rings. The van der Waals surface area contributed by atoms with Gasteiger partial charge in [-0.15, -0.1) is 0 Å². The van der Waals surface area contributed by atoms with Crippen molar-refractivity contribution in [3.63, 3.8) is 0 Å². The van der Waals surface area contributed by atoms with E-state index in [9.17, 15) is 0 Å². The van der Waals surface area contributed by atoms with Crippen molar-refractivity contribution in [1.29, 1.82) is 0 Å². The van der Waals surface area contributed by atoms with Crippen LogP contribution < -0.4 is 4.74 Å². The van der Waals surface area contributed by atoms with Crippen LogP contribution in [0.2, 0.25) is 0 Å². The molecule has 0 saturated carbocycles. The van der Waals surface area contributed by atoms with Crippen LogP contribution in [-0.2, 0) is 0 Å². The van der Waals surface area contributed by atoms with Gasteiger partial charge in [0, 0.05) is 70.6 Å². The molecule has 0 aliphatic carbocycles. The first-order valence-corrected chi connectivity index (χ1v) is 17.7. The van der Waals surface area contributed by atoms with Crippen molar-refractivity contribution in [2.45, 2.75) is 27.7 Å². The van der Waals surface area contributed by atoms with Crippen molar-refractivity contribution < 1.29 is 4.74 Å². The molecule has 7 nitrogen and oxygen atoms in total. The lowest BCUT2D eigenvalue weighted by atomic mass is 9.88. The van der Waals surface area contributed by atoms with E-state index in [-0.39, 0.29) is 0 Å². The second-order valence-corrected chi connectivity index (χ2v) is 13.5. The van der Waals surface area contributed by atoms with Crippen LogP contribution in [0.5, 0.6) is 11.5 Å². The summed E-state index contributed by atoms with van der Waals surface area (Å²) < 4.78 is 10.9. The Morgan fingerprint density at radius 3 is 2.06 bits per heavy atom. The summed E-state index contributed by atoms with van der Waals surface area (Å²) in [5, 5.41) is 7.69. The number of ether oxygens (including phenoxy) is 1. The second-order valence-electron chi connectivity index (χ2n) is 13.5. The van der Waals surface area contributed by atoms with Crippen molar-refractivity contribution >= 4 is 21.8 Å². The van der Waals surface area contributed by atoms with Gasteiger partial charge in [0.2, 0.25) is 0 Å². The largest absolute Gasteiger partial charge is 0.457 e. The molecule has 0 spiro atoms. The van der Waals surface area contributed by atoms with E-state index in [4.69, 9.17) is 14.8 Å². The highest BCUT2D eigenvalue weighted by Crippen LogP contribution is 2.44. The standard InChI is InChI=1S/C46H36N6O/c1-29-16-25-49-42(26-29)51-40-11-6-5-10-38(40)39-15-14-37(28-41(39)51)53-36-9-7-8-35(27-36)52-46(34-19-23-48-24-20-34)44(43-31(3)13-12-30(2)32(43)4)45(50-52)33-17-21-47-22-18-33/h5-28H,1-4H3. The first-order valence-electron chi connectivity index (χ1n) is 17.7. The van der Waals surface area contributed by atoms with Gasteiger partial charge in [-0.1, -0.05) is 36.4 Å². The first-order chi connectivity index (χ1) is 25.9. The van der Waals surface area contributed by atoms with Crippen LogP contribution in [0.15, 0.2) is 146 Å². The fourth-order valence-electron chi connectivity index (χ4n) is 7.38. The highest BCUT2D eigenvalue weighted by Gasteiger charge is 2.26. The summed E-state index contributed by atoms with van der Waals surface area (Å²) in [7, 11) is 0. The van der Waals surface area contributed by atoms with Crippen molar-refractivity contribution in [2.24, 2.45) is 0 Å². The number of rotatable bonds is 7. The maximum atomic E-state index is 6.67.